The smallest absolute Gasteiger partial charge is 0.274 e. The molecular weight excluding hydrogens is 314 g/mol. The highest BCUT2D eigenvalue weighted by Crippen LogP contribution is 2.18. The highest BCUT2D eigenvalue weighted by molar-refractivity contribution is 5.93. The first kappa shape index (κ1) is 15.4. The molecule has 1 amide bonds. The van der Waals surface area contributed by atoms with E-state index in [9.17, 15) is 14.9 Å². The SMILES string of the molecule is Cc1c(C(=O)NCc2ccco2)nnn1-c1cccc([N+](=O)[O-])c1. The maximum atomic E-state index is 12.2. The lowest BCUT2D eigenvalue weighted by atomic mass is 10.2. The summed E-state index contributed by atoms with van der Waals surface area (Å²) in [6.45, 7) is 1.90. The van der Waals surface area contributed by atoms with Crippen molar-refractivity contribution in [2.75, 3.05) is 0 Å². The van der Waals surface area contributed by atoms with Crippen LogP contribution in [0.15, 0.2) is 47.1 Å². The molecule has 0 fully saturated rings. The van der Waals surface area contributed by atoms with Crippen LogP contribution in [-0.2, 0) is 6.54 Å². The normalized spacial score (nSPS) is 10.5. The van der Waals surface area contributed by atoms with Gasteiger partial charge in [-0.2, -0.15) is 0 Å². The van der Waals surface area contributed by atoms with Crippen LogP contribution in [-0.4, -0.2) is 25.8 Å². The Hall–Kier alpha value is -3.49. The summed E-state index contributed by atoms with van der Waals surface area (Å²) < 4.78 is 6.52. The number of hydrogen-bond donors (Lipinski definition) is 1. The van der Waals surface area contributed by atoms with Crippen LogP contribution in [0.4, 0.5) is 5.69 Å². The molecule has 2 aromatic heterocycles. The second-order valence-electron chi connectivity index (χ2n) is 4.97. The molecular formula is C15H13N5O4. The zero-order valence-electron chi connectivity index (χ0n) is 12.7. The molecule has 2 heterocycles. The Morgan fingerprint density at radius 2 is 2.21 bits per heavy atom. The second-order valence-corrected chi connectivity index (χ2v) is 4.97. The van der Waals surface area contributed by atoms with Crippen molar-refractivity contribution < 1.29 is 14.1 Å². The zero-order valence-corrected chi connectivity index (χ0v) is 12.7. The Balaban J connectivity index is 1.81. The third-order valence-electron chi connectivity index (χ3n) is 3.40. The summed E-state index contributed by atoms with van der Waals surface area (Å²) in [5.41, 5.74) is 1.02. The highest BCUT2D eigenvalue weighted by Gasteiger charge is 2.18. The van der Waals surface area contributed by atoms with Gasteiger partial charge in [-0.25, -0.2) is 4.68 Å². The summed E-state index contributed by atoms with van der Waals surface area (Å²) in [6, 6.07) is 9.42. The average Bonchev–Trinajstić information content (AvgIpc) is 3.22. The van der Waals surface area contributed by atoms with Gasteiger partial charge in [0.2, 0.25) is 0 Å². The van der Waals surface area contributed by atoms with E-state index in [1.807, 2.05) is 0 Å². The number of rotatable bonds is 5. The third kappa shape index (κ3) is 3.00. The zero-order chi connectivity index (χ0) is 17.1. The van der Waals surface area contributed by atoms with Gasteiger partial charge in [-0.3, -0.25) is 14.9 Å². The maximum Gasteiger partial charge on any atom is 0.274 e. The van der Waals surface area contributed by atoms with E-state index < -0.39 is 10.8 Å². The van der Waals surface area contributed by atoms with Gasteiger partial charge < -0.3 is 9.73 Å². The molecule has 9 heteroatoms. The number of benzene rings is 1. The fourth-order valence-corrected chi connectivity index (χ4v) is 2.19. The fraction of sp³-hybridized carbons (Fsp3) is 0.133. The first-order valence-corrected chi connectivity index (χ1v) is 7.04. The van der Waals surface area contributed by atoms with Gasteiger partial charge in [-0.1, -0.05) is 11.3 Å². The topological polar surface area (TPSA) is 116 Å². The van der Waals surface area contributed by atoms with E-state index >= 15 is 0 Å². The van der Waals surface area contributed by atoms with E-state index in [-0.39, 0.29) is 17.9 Å². The van der Waals surface area contributed by atoms with Crippen LogP contribution in [0, 0.1) is 17.0 Å². The number of nitro benzene ring substituents is 1. The number of hydrogen-bond acceptors (Lipinski definition) is 6. The van der Waals surface area contributed by atoms with Crippen molar-refractivity contribution in [2.45, 2.75) is 13.5 Å². The minimum absolute atomic E-state index is 0.0637. The molecule has 0 atom stereocenters. The fourth-order valence-electron chi connectivity index (χ4n) is 2.19. The van der Waals surface area contributed by atoms with E-state index in [1.54, 1.807) is 31.2 Å². The summed E-state index contributed by atoms with van der Waals surface area (Å²) in [7, 11) is 0. The summed E-state index contributed by atoms with van der Waals surface area (Å²) in [4.78, 5) is 22.6. The van der Waals surface area contributed by atoms with E-state index in [1.165, 1.54) is 23.1 Å². The monoisotopic (exact) mass is 327 g/mol. The molecule has 3 rings (SSSR count). The van der Waals surface area contributed by atoms with Crippen LogP contribution in [0.5, 0.6) is 0 Å². The van der Waals surface area contributed by atoms with Crippen LogP contribution in [0.25, 0.3) is 5.69 Å². The number of carbonyl (C=O) groups excluding carboxylic acids is 1. The number of non-ortho nitro benzene ring substituents is 1. The third-order valence-corrected chi connectivity index (χ3v) is 3.40. The van der Waals surface area contributed by atoms with Gasteiger partial charge in [0.05, 0.1) is 29.1 Å². The van der Waals surface area contributed by atoms with Crippen molar-refractivity contribution in [3.05, 3.63) is 69.9 Å². The molecule has 0 bridgehead atoms. The van der Waals surface area contributed by atoms with E-state index in [2.05, 4.69) is 15.6 Å². The summed E-state index contributed by atoms with van der Waals surface area (Å²) >= 11 is 0. The average molecular weight is 327 g/mol. The van der Waals surface area contributed by atoms with Gasteiger partial charge in [0, 0.05) is 12.1 Å². The molecule has 0 spiro atoms. The molecule has 24 heavy (non-hydrogen) atoms. The van der Waals surface area contributed by atoms with Crippen LogP contribution < -0.4 is 5.32 Å². The molecule has 0 saturated heterocycles. The Kier molecular flexibility index (Phi) is 4.06. The minimum Gasteiger partial charge on any atom is -0.467 e. The van der Waals surface area contributed by atoms with Crippen molar-refractivity contribution >= 4 is 11.6 Å². The lowest BCUT2D eigenvalue weighted by molar-refractivity contribution is -0.384. The number of aromatic nitrogens is 3. The number of nitro groups is 1. The molecule has 0 unspecified atom stereocenters. The van der Waals surface area contributed by atoms with Gasteiger partial charge >= 0.3 is 0 Å². The largest absolute Gasteiger partial charge is 0.467 e. The van der Waals surface area contributed by atoms with Crippen molar-refractivity contribution in [3.8, 4) is 5.69 Å². The Bertz CT molecular complexity index is 885. The number of furan rings is 1. The summed E-state index contributed by atoms with van der Waals surface area (Å²) in [6.07, 6.45) is 1.52. The predicted octanol–water partition coefficient (Wildman–Crippen LogP) is 2.01. The van der Waals surface area contributed by atoms with E-state index in [4.69, 9.17) is 4.42 Å². The lowest BCUT2D eigenvalue weighted by Crippen LogP contribution is -2.23. The van der Waals surface area contributed by atoms with Crippen LogP contribution >= 0.6 is 0 Å². The van der Waals surface area contributed by atoms with Gasteiger partial charge in [0.15, 0.2) is 5.69 Å². The van der Waals surface area contributed by atoms with Gasteiger partial charge in [-0.05, 0) is 25.1 Å². The molecule has 0 aliphatic carbocycles. The minimum atomic E-state index is -0.493. The van der Waals surface area contributed by atoms with Crippen molar-refractivity contribution in [3.63, 3.8) is 0 Å². The second kappa shape index (κ2) is 6.32. The molecule has 0 radical (unpaired) electrons. The molecule has 0 saturated carbocycles. The Morgan fingerprint density at radius 1 is 1.38 bits per heavy atom. The molecule has 122 valence electrons. The molecule has 0 aliphatic rings. The van der Waals surface area contributed by atoms with Crippen LogP contribution in [0.1, 0.15) is 21.9 Å². The van der Waals surface area contributed by atoms with Crippen LogP contribution in [0.2, 0.25) is 0 Å². The van der Waals surface area contributed by atoms with Crippen molar-refractivity contribution in [1.29, 1.82) is 0 Å². The summed E-state index contributed by atoms with van der Waals surface area (Å²) in [5, 5.41) is 21.3. The number of carbonyl (C=O) groups is 1. The predicted molar refractivity (Wildman–Crippen MR) is 82.6 cm³/mol. The number of amides is 1. The summed E-state index contributed by atoms with van der Waals surface area (Å²) in [5.74, 6) is 0.215. The van der Waals surface area contributed by atoms with Crippen LogP contribution in [0.3, 0.4) is 0 Å². The van der Waals surface area contributed by atoms with Gasteiger partial charge in [0.1, 0.15) is 5.76 Å². The Morgan fingerprint density at radius 3 is 2.92 bits per heavy atom. The maximum absolute atomic E-state index is 12.2. The highest BCUT2D eigenvalue weighted by atomic mass is 16.6. The van der Waals surface area contributed by atoms with Gasteiger partial charge in [-0.15, -0.1) is 5.10 Å². The van der Waals surface area contributed by atoms with E-state index in [0.29, 0.717) is 17.1 Å². The number of nitrogens with one attached hydrogen (secondary N) is 1. The van der Waals surface area contributed by atoms with Crippen molar-refractivity contribution in [1.82, 2.24) is 20.3 Å². The van der Waals surface area contributed by atoms with Gasteiger partial charge in [0.25, 0.3) is 11.6 Å². The lowest BCUT2D eigenvalue weighted by Gasteiger charge is -2.04. The standard InChI is InChI=1S/C15H13N5O4/c1-10-14(15(21)16-9-13-6-3-7-24-13)17-18-19(10)11-4-2-5-12(8-11)20(22)23/h2-8H,9H2,1H3,(H,16,21). The number of nitrogens with zero attached hydrogens (tertiary/aromatic N) is 4. The Labute approximate surface area is 136 Å². The molecule has 1 N–H and O–H groups in total. The molecule has 3 aromatic rings. The van der Waals surface area contributed by atoms with Crippen molar-refractivity contribution in [2.24, 2.45) is 0 Å². The quantitative estimate of drug-likeness (QED) is 0.566. The van der Waals surface area contributed by atoms with E-state index in [0.717, 1.165) is 0 Å². The molecule has 0 aliphatic heterocycles. The molecule has 9 nitrogen and oxygen atoms in total. The first-order valence-electron chi connectivity index (χ1n) is 7.04. The first-order chi connectivity index (χ1) is 11.6. The molecule has 1 aromatic carbocycles.